The second kappa shape index (κ2) is 6.99. The summed E-state index contributed by atoms with van der Waals surface area (Å²) in [6, 6.07) is 0.278. The summed E-state index contributed by atoms with van der Waals surface area (Å²) < 4.78 is 13.4. The topological polar surface area (TPSA) is 102 Å². The van der Waals surface area contributed by atoms with Gasteiger partial charge in [-0.1, -0.05) is 11.6 Å². The Hall–Kier alpha value is -2.36. The van der Waals surface area contributed by atoms with Gasteiger partial charge in [0.05, 0.1) is 34.9 Å². The molecule has 5 heterocycles. The van der Waals surface area contributed by atoms with Crippen LogP contribution < -0.4 is 15.4 Å². The van der Waals surface area contributed by atoms with Crippen LogP contribution in [0.1, 0.15) is 18.9 Å². The van der Waals surface area contributed by atoms with E-state index in [-0.39, 0.29) is 12.1 Å². The van der Waals surface area contributed by atoms with Crippen LogP contribution in [0.25, 0.3) is 11.0 Å². The Labute approximate surface area is 160 Å². The van der Waals surface area contributed by atoms with Crippen molar-refractivity contribution in [3.8, 4) is 5.88 Å². The van der Waals surface area contributed by atoms with E-state index in [0.717, 1.165) is 38.2 Å². The molecular formula is C17H20ClN7O2. The lowest BCUT2D eigenvalue weighted by atomic mass is 10.3. The maximum absolute atomic E-state index is 6.30. The van der Waals surface area contributed by atoms with Crippen molar-refractivity contribution < 1.29 is 9.47 Å². The molecule has 0 aliphatic carbocycles. The van der Waals surface area contributed by atoms with Crippen LogP contribution in [0.5, 0.6) is 5.88 Å². The van der Waals surface area contributed by atoms with Crippen molar-refractivity contribution in [1.29, 1.82) is 0 Å². The fourth-order valence-corrected chi connectivity index (χ4v) is 3.68. The first-order chi connectivity index (χ1) is 13.3. The zero-order valence-corrected chi connectivity index (χ0v) is 15.4. The minimum atomic E-state index is 0.0760. The van der Waals surface area contributed by atoms with Gasteiger partial charge in [0.15, 0.2) is 0 Å². The van der Waals surface area contributed by atoms with E-state index in [1.54, 1.807) is 12.4 Å². The number of aromatic nitrogens is 5. The van der Waals surface area contributed by atoms with Gasteiger partial charge in [0, 0.05) is 25.5 Å². The highest BCUT2D eigenvalue weighted by Gasteiger charge is 2.22. The number of hydrogen-bond acceptors (Lipinski definition) is 7. The minimum Gasteiger partial charge on any atom is -0.472 e. The molecule has 0 saturated carbocycles. The minimum absolute atomic E-state index is 0.0760. The van der Waals surface area contributed by atoms with Gasteiger partial charge in [-0.3, -0.25) is 4.68 Å². The Balaban J connectivity index is 1.42. The molecular weight excluding hydrogens is 370 g/mol. The number of anilines is 2. The number of aromatic amines is 1. The van der Waals surface area contributed by atoms with Crippen molar-refractivity contribution in [1.82, 2.24) is 30.0 Å². The van der Waals surface area contributed by atoms with Gasteiger partial charge in [-0.05, 0) is 19.4 Å². The molecule has 3 aromatic rings. The molecule has 2 saturated heterocycles. The van der Waals surface area contributed by atoms with Gasteiger partial charge in [0.1, 0.15) is 11.8 Å². The molecule has 0 unspecified atom stereocenters. The first-order valence-electron chi connectivity index (χ1n) is 9.07. The van der Waals surface area contributed by atoms with E-state index in [1.165, 1.54) is 0 Å². The molecule has 2 fully saturated rings. The third kappa shape index (κ3) is 3.33. The molecule has 0 aromatic carbocycles. The molecule has 0 spiro atoms. The Morgan fingerprint density at radius 3 is 3.11 bits per heavy atom. The molecule has 142 valence electrons. The smallest absolute Gasteiger partial charge is 0.232 e. The molecule has 2 aliphatic rings. The predicted molar refractivity (Wildman–Crippen MR) is 101 cm³/mol. The van der Waals surface area contributed by atoms with Gasteiger partial charge in [-0.25, -0.2) is 0 Å². The predicted octanol–water partition coefficient (Wildman–Crippen LogP) is 2.25. The Kier molecular flexibility index (Phi) is 4.35. The zero-order valence-electron chi connectivity index (χ0n) is 14.6. The number of nitrogens with one attached hydrogen (secondary N) is 3. The van der Waals surface area contributed by atoms with E-state index >= 15 is 0 Å². The average molecular weight is 390 g/mol. The third-order valence-electron chi connectivity index (χ3n) is 4.88. The number of nitrogens with zero attached hydrogens (tertiary/aromatic N) is 4. The Morgan fingerprint density at radius 2 is 2.30 bits per heavy atom. The molecule has 2 aliphatic heterocycles. The van der Waals surface area contributed by atoms with Gasteiger partial charge in [-0.15, -0.1) is 0 Å². The molecule has 3 aromatic heterocycles. The van der Waals surface area contributed by atoms with Gasteiger partial charge >= 0.3 is 0 Å². The molecule has 27 heavy (non-hydrogen) atoms. The summed E-state index contributed by atoms with van der Waals surface area (Å²) in [6.45, 7) is 3.21. The highest BCUT2D eigenvalue weighted by molar-refractivity contribution is 6.35. The first-order valence-corrected chi connectivity index (χ1v) is 9.45. The van der Waals surface area contributed by atoms with E-state index in [4.69, 9.17) is 21.1 Å². The summed E-state index contributed by atoms with van der Waals surface area (Å²) in [5, 5.41) is 12.2. The summed E-state index contributed by atoms with van der Waals surface area (Å²) >= 11 is 6.30. The lowest BCUT2D eigenvalue weighted by molar-refractivity contribution is 0.184. The van der Waals surface area contributed by atoms with Crippen LogP contribution in [-0.2, 0) is 4.74 Å². The van der Waals surface area contributed by atoms with Crippen LogP contribution in [0.15, 0.2) is 18.6 Å². The van der Waals surface area contributed by atoms with Crippen molar-refractivity contribution in [3.63, 3.8) is 0 Å². The molecule has 9 nitrogen and oxygen atoms in total. The SMILES string of the molecule is Clc1c[nH]c2nc(Nc3cnn([C@H]4CCOC4)c3)nc(O[C@@H]3CCNC3)c12. The quantitative estimate of drug-likeness (QED) is 0.615. The largest absolute Gasteiger partial charge is 0.472 e. The third-order valence-corrected chi connectivity index (χ3v) is 5.18. The van der Waals surface area contributed by atoms with Crippen molar-refractivity contribution in [2.45, 2.75) is 25.0 Å². The lowest BCUT2D eigenvalue weighted by Crippen LogP contribution is -2.20. The van der Waals surface area contributed by atoms with Gasteiger partial charge < -0.3 is 25.1 Å². The zero-order chi connectivity index (χ0) is 18.2. The van der Waals surface area contributed by atoms with Crippen LogP contribution in [0.4, 0.5) is 11.6 Å². The standard InChI is InChI=1S/C17H20ClN7O2/c18-13-7-20-15-14(13)16(27-12-1-3-19-6-12)24-17(23-15)22-10-5-21-25(8-10)11-2-4-26-9-11/h5,7-8,11-12,19H,1-4,6,9H2,(H2,20,22,23,24)/t11-,12+/m0/s1. The van der Waals surface area contributed by atoms with Crippen LogP contribution in [0.3, 0.4) is 0 Å². The molecule has 10 heteroatoms. The van der Waals surface area contributed by atoms with Crippen molar-refractivity contribution in [3.05, 3.63) is 23.6 Å². The molecule has 0 bridgehead atoms. The summed E-state index contributed by atoms with van der Waals surface area (Å²) in [7, 11) is 0. The normalized spacial score (nSPS) is 22.6. The van der Waals surface area contributed by atoms with Crippen LogP contribution >= 0.6 is 11.6 Å². The van der Waals surface area contributed by atoms with E-state index < -0.39 is 0 Å². The van der Waals surface area contributed by atoms with Crippen LogP contribution in [0.2, 0.25) is 5.02 Å². The molecule has 2 atom stereocenters. The Bertz CT molecular complexity index is 944. The van der Waals surface area contributed by atoms with Gasteiger partial charge in [0.25, 0.3) is 0 Å². The number of fused-ring (bicyclic) bond motifs is 1. The molecule has 5 rings (SSSR count). The van der Waals surface area contributed by atoms with Gasteiger partial charge in [-0.2, -0.15) is 15.1 Å². The summed E-state index contributed by atoms with van der Waals surface area (Å²) in [4.78, 5) is 12.1. The number of H-pyrrole nitrogens is 1. The highest BCUT2D eigenvalue weighted by atomic mass is 35.5. The number of hydrogen-bond donors (Lipinski definition) is 3. The number of halogens is 1. The fraction of sp³-hybridized carbons (Fsp3) is 0.471. The van der Waals surface area contributed by atoms with Crippen molar-refractivity contribution in [2.24, 2.45) is 0 Å². The van der Waals surface area contributed by atoms with Crippen molar-refractivity contribution >= 4 is 34.3 Å². The average Bonchev–Trinajstić information content (AvgIpc) is 3.42. The monoisotopic (exact) mass is 389 g/mol. The van der Waals surface area contributed by atoms with E-state index in [0.29, 0.717) is 34.5 Å². The van der Waals surface area contributed by atoms with Crippen LogP contribution in [-0.4, -0.2) is 57.1 Å². The van der Waals surface area contributed by atoms with E-state index in [2.05, 4.69) is 30.7 Å². The first kappa shape index (κ1) is 16.8. The second-order valence-electron chi connectivity index (χ2n) is 6.80. The van der Waals surface area contributed by atoms with E-state index in [9.17, 15) is 0 Å². The fourth-order valence-electron chi connectivity index (χ4n) is 3.45. The summed E-state index contributed by atoms with van der Waals surface area (Å²) in [6.07, 6.45) is 7.38. The lowest BCUT2D eigenvalue weighted by Gasteiger charge is -2.13. The van der Waals surface area contributed by atoms with Crippen molar-refractivity contribution in [2.75, 3.05) is 31.6 Å². The van der Waals surface area contributed by atoms with E-state index in [1.807, 2.05) is 10.9 Å². The highest BCUT2D eigenvalue weighted by Crippen LogP contribution is 2.32. The molecule has 0 radical (unpaired) electrons. The maximum Gasteiger partial charge on any atom is 0.232 e. The molecule has 3 N–H and O–H groups in total. The van der Waals surface area contributed by atoms with Crippen LogP contribution in [0, 0.1) is 0 Å². The second-order valence-corrected chi connectivity index (χ2v) is 7.20. The molecule has 0 amide bonds. The number of rotatable bonds is 5. The van der Waals surface area contributed by atoms with Gasteiger partial charge in [0.2, 0.25) is 11.8 Å². The number of ether oxygens (including phenoxy) is 2. The summed E-state index contributed by atoms with van der Waals surface area (Å²) in [5.41, 5.74) is 1.45. The summed E-state index contributed by atoms with van der Waals surface area (Å²) in [5.74, 6) is 0.920. The maximum atomic E-state index is 6.30. The Morgan fingerprint density at radius 1 is 1.33 bits per heavy atom.